The van der Waals surface area contributed by atoms with Crippen LogP contribution in [0.15, 0.2) is 18.6 Å². The van der Waals surface area contributed by atoms with Crippen LogP contribution in [0.5, 0.6) is 0 Å². The van der Waals surface area contributed by atoms with Crippen molar-refractivity contribution in [3.8, 4) is 17.3 Å². The molecule has 1 amide bonds. The van der Waals surface area contributed by atoms with Crippen LogP contribution >= 0.6 is 0 Å². The van der Waals surface area contributed by atoms with Crippen molar-refractivity contribution in [2.45, 2.75) is 13.0 Å². The molecule has 0 saturated carbocycles. The number of carbonyl (C=O) groups is 1. The van der Waals surface area contributed by atoms with E-state index in [9.17, 15) is 10.1 Å². The molecule has 0 aromatic carbocycles. The Bertz CT molecular complexity index is 826. The number of amides is 1. The van der Waals surface area contributed by atoms with E-state index in [1.807, 2.05) is 6.92 Å². The number of rotatable bonds is 2. The van der Waals surface area contributed by atoms with Gasteiger partial charge in [0.1, 0.15) is 17.6 Å². The topological polar surface area (TPSA) is 100 Å². The normalized spacial score (nSPS) is 17.3. The first-order valence-corrected chi connectivity index (χ1v) is 7.89. The summed E-state index contributed by atoms with van der Waals surface area (Å²) in [6.07, 6.45) is 4.73. The monoisotopic (exact) mass is 341 g/mol. The molecule has 9 nitrogen and oxygen atoms in total. The van der Waals surface area contributed by atoms with Crippen molar-refractivity contribution in [1.29, 1.82) is 5.26 Å². The zero-order chi connectivity index (χ0) is 18.0. The van der Waals surface area contributed by atoms with Crippen molar-refractivity contribution < 1.29 is 9.53 Å². The summed E-state index contributed by atoms with van der Waals surface area (Å²) in [4.78, 5) is 24.4. The zero-order valence-electron chi connectivity index (χ0n) is 14.4. The number of aryl methyl sites for hydroxylation is 1. The van der Waals surface area contributed by atoms with Crippen molar-refractivity contribution in [3.63, 3.8) is 0 Å². The Kier molecular flexibility index (Phi) is 4.52. The fourth-order valence-corrected chi connectivity index (χ4v) is 2.91. The highest BCUT2D eigenvalue weighted by molar-refractivity contribution is 5.69. The Morgan fingerprint density at radius 3 is 2.80 bits per heavy atom. The number of anilines is 1. The van der Waals surface area contributed by atoms with E-state index in [0.29, 0.717) is 31.1 Å². The summed E-state index contributed by atoms with van der Waals surface area (Å²) < 4.78 is 6.46. The first-order valence-electron chi connectivity index (χ1n) is 7.89. The van der Waals surface area contributed by atoms with Crippen LogP contribution in [0.1, 0.15) is 12.6 Å². The maximum atomic E-state index is 11.8. The highest BCUT2D eigenvalue weighted by Crippen LogP contribution is 2.24. The summed E-state index contributed by atoms with van der Waals surface area (Å²) in [5, 5.41) is 13.4. The molecule has 3 heterocycles. The molecule has 0 unspecified atom stereocenters. The van der Waals surface area contributed by atoms with Gasteiger partial charge in [0.15, 0.2) is 5.69 Å². The van der Waals surface area contributed by atoms with Crippen LogP contribution in [0.3, 0.4) is 0 Å². The minimum atomic E-state index is -0.325. The molecule has 130 valence electrons. The van der Waals surface area contributed by atoms with Gasteiger partial charge in [-0.2, -0.15) is 10.4 Å². The van der Waals surface area contributed by atoms with E-state index < -0.39 is 0 Å². The van der Waals surface area contributed by atoms with E-state index in [-0.39, 0.29) is 17.8 Å². The van der Waals surface area contributed by atoms with Gasteiger partial charge in [0, 0.05) is 44.5 Å². The van der Waals surface area contributed by atoms with Crippen molar-refractivity contribution >= 4 is 11.9 Å². The third-order valence-corrected chi connectivity index (χ3v) is 4.20. The Labute approximate surface area is 145 Å². The number of nitriles is 1. The van der Waals surface area contributed by atoms with E-state index in [1.165, 1.54) is 7.11 Å². The molecule has 0 radical (unpaired) electrons. The summed E-state index contributed by atoms with van der Waals surface area (Å²) in [5.41, 5.74) is 1.52. The Morgan fingerprint density at radius 1 is 1.40 bits per heavy atom. The lowest BCUT2D eigenvalue weighted by molar-refractivity contribution is 0.103. The largest absolute Gasteiger partial charge is 0.453 e. The number of aromatic nitrogens is 4. The third kappa shape index (κ3) is 3.24. The van der Waals surface area contributed by atoms with Gasteiger partial charge in [0.05, 0.1) is 19.5 Å². The van der Waals surface area contributed by atoms with E-state index in [1.54, 1.807) is 35.2 Å². The van der Waals surface area contributed by atoms with Crippen LogP contribution in [-0.2, 0) is 11.8 Å². The number of ether oxygens (including phenoxy) is 1. The van der Waals surface area contributed by atoms with Gasteiger partial charge >= 0.3 is 6.09 Å². The molecule has 3 rings (SSSR count). The zero-order valence-corrected chi connectivity index (χ0v) is 14.4. The summed E-state index contributed by atoms with van der Waals surface area (Å²) in [5.74, 6) is 0.675. The maximum absolute atomic E-state index is 11.8. The molecule has 1 aliphatic rings. The van der Waals surface area contributed by atoms with Gasteiger partial charge < -0.3 is 14.5 Å². The predicted octanol–water partition coefficient (Wildman–Crippen LogP) is 1.03. The molecule has 1 fully saturated rings. The lowest BCUT2D eigenvalue weighted by Crippen LogP contribution is -2.54. The van der Waals surface area contributed by atoms with E-state index in [4.69, 9.17) is 4.74 Å². The van der Waals surface area contributed by atoms with Gasteiger partial charge in [-0.05, 0) is 6.92 Å². The van der Waals surface area contributed by atoms with Crippen molar-refractivity contribution in [3.05, 3.63) is 24.3 Å². The number of methoxy groups -OCH3 is 1. The smallest absolute Gasteiger partial charge is 0.409 e. The van der Waals surface area contributed by atoms with Gasteiger partial charge in [-0.25, -0.2) is 14.8 Å². The third-order valence-electron chi connectivity index (χ3n) is 4.20. The summed E-state index contributed by atoms with van der Waals surface area (Å²) in [6, 6.07) is 2.06. The average Bonchev–Trinajstić information content (AvgIpc) is 3.06. The molecule has 1 saturated heterocycles. The minimum Gasteiger partial charge on any atom is -0.453 e. The van der Waals surface area contributed by atoms with Crippen LogP contribution in [-0.4, -0.2) is 63.5 Å². The van der Waals surface area contributed by atoms with E-state index in [0.717, 1.165) is 5.56 Å². The SMILES string of the molecule is COC(=O)N1CCN(c2cnc(C#N)c(-c3cnn(C)c3)n2)C[C@H]1C. The number of nitrogens with zero attached hydrogens (tertiary/aromatic N) is 7. The summed E-state index contributed by atoms with van der Waals surface area (Å²) in [7, 11) is 3.19. The Morgan fingerprint density at radius 2 is 2.20 bits per heavy atom. The summed E-state index contributed by atoms with van der Waals surface area (Å²) in [6.45, 7) is 3.73. The highest BCUT2D eigenvalue weighted by Gasteiger charge is 2.29. The maximum Gasteiger partial charge on any atom is 0.409 e. The predicted molar refractivity (Wildman–Crippen MR) is 89.7 cm³/mol. The van der Waals surface area contributed by atoms with Gasteiger partial charge in [0.25, 0.3) is 0 Å². The molecular formula is C16H19N7O2. The highest BCUT2D eigenvalue weighted by atomic mass is 16.5. The number of carbonyl (C=O) groups excluding carboxylic acids is 1. The molecule has 25 heavy (non-hydrogen) atoms. The molecule has 0 spiro atoms. The van der Waals surface area contributed by atoms with Crippen LogP contribution in [0.2, 0.25) is 0 Å². The number of hydrogen-bond donors (Lipinski definition) is 0. The molecule has 0 bridgehead atoms. The molecule has 0 N–H and O–H groups in total. The van der Waals surface area contributed by atoms with Crippen LogP contribution < -0.4 is 4.90 Å². The summed E-state index contributed by atoms with van der Waals surface area (Å²) >= 11 is 0. The Hall–Kier alpha value is -3.15. The second kappa shape index (κ2) is 6.76. The fourth-order valence-electron chi connectivity index (χ4n) is 2.91. The fraction of sp³-hybridized carbons (Fsp3) is 0.438. The van der Waals surface area contributed by atoms with E-state index in [2.05, 4.69) is 26.0 Å². The second-order valence-corrected chi connectivity index (χ2v) is 5.90. The second-order valence-electron chi connectivity index (χ2n) is 5.90. The molecule has 1 atom stereocenters. The molecule has 2 aromatic heterocycles. The number of piperazine rings is 1. The van der Waals surface area contributed by atoms with Crippen LogP contribution in [0, 0.1) is 11.3 Å². The Balaban J connectivity index is 1.87. The molecule has 9 heteroatoms. The first kappa shape index (κ1) is 16.7. The molecule has 0 aliphatic carbocycles. The van der Waals surface area contributed by atoms with Crippen molar-refractivity contribution in [2.24, 2.45) is 7.05 Å². The average molecular weight is 341 g/mol. The van der Waals surface area contributed by atoms with Crippen LogP contribution in [0.25, 0.3) is 11.3 Å². The first-order chi connectivity index (χ1) is 12.0. The van der Waals surface area contributed by atoms with Crippen molar-refractivity contribution in [2.75, 3.05) is 31.6 Å². The number of hydrogen-bond acceptors (Lipinski definition) is 7. The van der Waals surface area contributed by atoms with Gasteiger partial charge in [0.2, 0.25) is 0 Å². The minimum absolute atomic E-state index is 0.0134. The van der Waals surface area contributed by atoms with Crippen molar-refractivity contribution in [1.82, 2.24) is 24.6 Å². The van der Waals surface area contributed by atoms with Gasteiger partial charge in [-0.15, -0.1) is 0 Å². The molecule has 1 aliphatic heterocycles. The molecular weight excluding hydrogens is 322 g/mol. The van der Waals surface area contributed by atoms with Crippen LogP contribution in [0.4, 0.5) is 10.6 Å². The lowest BCUT2D eigenvalue weighted by atomic mass is 10.2. The lowest BCUT2D eigenvalue weighted by Gasteiger charge is -2.39. The quantitative estimate of drug-likeness (QED) is 0.804. The standard InChI is InChI=1S/C16H19N7O2/c1-11-9-22(4-5-23(11)16(24)25-3)14-8-18-13(6-17)15(20-14)12-7-19-21(2)10-12/h7-8,10-11H,4-5,9H2,1-3H3/t11-/m1/s1. The van der Waals surface area contributed by atoms with Gasteiger partial charge in [-0.3, -0.25) is 4.68 Å². The van der Waals surface area contributed by atoms with Gasteiger partial charge in [-0.1, -0.05) is 0 Å². The van der Waals surface area contributed by atoms with E-state index >= 15 is 0 Å². The molecule has 2 aromatic rings.